The lowest BCUT2D eigenvalue weighted by Crippen LogP contribution is -2.54. The van der Waals surface area contributed by atoms with Crippen molar-refractivity contribution in [2.45, 2.75) is 57.9 Å². The van der Waals surface area contributed by atoms with Crippen LogP contribution in [0.1, 0.15) is 56.6 Å². The van der Waals surface area contributed by atoms with Crippen LogP contribution in [-0.4, -0.2) is 62.3 Å². The van der Waals surface area contributed by atoms with E-state index in [9.17, 15) is 0 Å². The quantitative estimate of drug-likeness (QED) is 0.329. The summed E-state index contributed by atoms with van der Waals surface area (Å²) < 4.78 is 5.67. The molecule has 2 aliphatic heterocycles. The maximum Gasteiger partial charge on any atom is 0.191 e. The average molecular weight is 514 g/mol. The van der Waals surface area contributed by atoms with Crippen molar-refractivity contribution in [2.75, 3.05) is 45.9 Å². The standard InChI is InChI=1S/C23H38N4O.HI/c1-4-24-22(25-17-20(3)21-9-7-8-19(2)16-21)26-18-23(10-14-28-15-11-23)27-12-5-6-13-27;/h7-9,16,20H,4-6,10-15,17-18H2,1-3H3,(H2,24,25,26);1H. The van der Waals surface area contributed by atoms with E-state index in [0.29, 0.717) is 5.92 Å². The Morgan fingerprint density at radius 1 is 1.21 bits per heavy atom. The third kappa shape index (κ3) is 6.82. The smallest absolute Gasteiger partial charge is 0.191 e. The lowest BCUT2D eigenvalue weighted by molar-refractivity contribution is -0.0139. The van der Waals surface area contributed by atoms with Crippen LogP contribution < -0.4 is 10.6 Å². The van der Waals surface area contributed by atoms with Gasteiger partial charge in [-0.3, -0.25) is 9.89 Å². The zero-order valence-corrected chi connectivity index (χ0v) is 20.7. The van der Waals surface area contributed by atoms with Crippen LogP contribution in [0.25, 0.3) is 0 Å². The van der Waals surface area contributed by atoms with Gasteiger partial charge in [0.25, 0.3) is 0 Å². The number of benzene rings is 1. The number of nitrogens with one attached hydrogen (secondary N) is 2. The molecule has 2 fully saturated rings. The second kappa shape index (κ2) is 12.1. The molecule has 0 spiro atoms. The fourth-order valence-electron chi connectivity index (χ4n) is 4.43. The predicted molar refractivity (Wildman–Crippen MR) is 133 cm³/mol. The molecule has 2 N–H and O–H groups in total. The molecule has 164 valence electrons. The van der Waals surface area contributed by atoms with Gasteiger partial charge in [-0.1, -0.05) is 36.8 Å². The second-order valence-corrected chi connectivity index (χ2v) is 8.42. The summed E-state index contributed by atoms with van der Waals surface area (Å²) >= 11 is 0. The van der Waals surface area contributed by atoms with Crippen LogP contribution in [-0.2, 0) is 4.74 Å². The first-order valence-electron chi connectivity index (χ1n) is 11.0. The van der Waals surface area contributed by atoms with E-state index in [1.165, 1.54) is 37.1 Å². The minimum absolute atomic E-state index is 0. The molecule has 29 heavy (non-hydrogen) atoms. The first-order valence-corrected chi connectivity index (χ1v) is 11.0. The van der Waals surface area contributed by atoms with Gasteiger partial charge in [0.1, 0.15) is 0 Å². The van der Waals surface area contributed by atoms with E-state index in [4.69, 9.17) is 9.73 Å². The van der Waals surface area contributed by atoms with E-state index in [0.717, 1.165) is 51.6 Å². The molecule has 2 heterocycles. The maximum absolute atomic E-state index is 5.67. The van der Waals surface area contributed by atoms with Crippen LogP contribution in [0.4, 0.5) is 0 Å². The molecule has 1 unspecified atom stereocenters. The summed E-state index contributed by atoms with van der Waals surface area (Å²) in [7, 11) is 0. The summed E-state index contributed by atoms with van der Waals surface area (Å²) in [6, 6.07) is 8.79. The van der Waals surface area contributed by atoms with Crippen molar-refractivity contribution >= 4 is 29.9 Å². The molecule has 1 aromatic carbocycles. The van der Waals surface area contributed by atoms with Gasteiger partial charge < -0.3 is 15.4 Å². The molecule has 0 aliphatic carbocycles. The normalized spacial score (nSPS) is 20.7. The van der Waals surface area contributed by atoms with Gasteiger partial charge in [-0.15, -0.1) is 24.0 Å². The van der Waals surface area contributed by atoms with Crippen LogP contribution in [0, 0.1) is 6.92 Å². The molecule has 0 saturated carbocycles. The number of ether oxygens (including phenoxy) is 1. The highest BCUT2D eigenvalue weighted by Crippen LogP contribution is 2.31. The molecule has 0 radical (unpaired) electrons. The van der Waals surface area contributed by atoms with E-state index in [1.807, 2.05) is 0 Å². The zero-order chi connectivity index (χ0) is 19.8. The SMILES string of the molecule is CCNC(=NCC1(N2CCCC2)CCOCC1)NCC(C)c1cccc(C)c1.I. The predicted octanol–water partition coefficient (Wildman–Crippen LogP) is 3.92. The molecule has 0 bridgehead atoms. The number of halogens is 1. The fourth-order valence-corrected chi connectivity index (χ4v) is 4.43. The monoisotopic (exact) mass is 514 g/mol. The fraction of sp³-hybridized carbons (Fsp3) is 0.696. The van der Waals surface area contributed by atoms with Crippen molar-refractivity contribution in [1.82, 2.24) is 15.5 Å². The second-order valence-electron chi connectivity index (χ2n) is 8.42. The van der Waals surface area contributed by atoms with Gasteiger partial charge in [-0.05, 0) is 64.1 Å². The number of likely N-dealkylation sites (tertiary alicyclic amines) is 1. The van der Waals surface area contributed by atoms with Gasteiger partial charge in [0.05, 0.1) is 6.54 Å². The average Bonchev–Trinajstić information content (AvgIpc) is 3.26. The van der Waals surface area contributed by atoms with Crippen LogP contribution in [0.5, 0.6) is 0 Å². The molecule has 5 nitrogen and oxygen atoms in total. The number of hydrogen-bond acceptors (Lipinski definition) is 3. The van der Waals surface area contributed by atoms with Crippen LogP contribution >= 0.6 is 24.0 Å². The minimum Gasteiger partial charge on any atom is -0.381 e. The highest BCUT2D eigenvalue weighted by Gasteiger charge is 2.39. The number of rotatable bonds is 7. The van der Waals surface area contributed by atoms with Crippen LogP contribution in [0.2, 0.25) is 0 Å². The van der Waals surface area contributed by atoms with Crippen molar-refractivity contribution in [2.24, 2.45) is 4.99 Å². The molecule has 1 atom stereocenters. The Kier molecular flexibility index (Phi) is 10.2. The molecule has 2 saturated heterocycles. The van der Waals surface area contributed by atoms with Crippen molar-refractivity contribution in [3.63, 3.8) is 0 Å². The summed E-state index contributed by atoms with van der Waals surface area (Å²) in [5.74, 6) is 1.38. The number of guanidine groups is 1. The van der Waals surface area contributed by atoms with E-state index in [-0.39, 0.29) is 29.5 Å². The summed E-state index contributed by atoms with van der Waals surface area (Å²) in [6.07, 6.45) is 4.82. The van der Waals surface area contributed by atoms with Gasteiger partial charge in [-0.2, -0.15) is 0 Å². The Morgan fingerprint density at radius 2 is 1.93 bits per heavy atom. The lowest BCUT2D eigenvalue weighted by atomic mass is 9.88. The van der Waals surface area contributed by atoms with Crippen LogP contribution in [0.15, 0.2) is 29.3 Å². The van der Waals surface area contributed by atoms with E-state index < -0.39 is 0 Å². The number of nitrogens with zero attached hydrogens (tertiary/aromatic N) is 2. The first-order chi connectivity index (χ1) is 13.6. The molecular weight excluding hydrogens is 475 g/mol. The highest BCUT2D eigenvalue weighted by molar-refractivity contribution is 14.0. The van der Waals surface area contributed by atoms with E-state index in [2.05, 4.69) is 60.6 Å². The molecule has 6 heteroatoms. The zero-order valence-electron chi connectivity index (χ0n) is 18.4. The van der Waals surface area contributed by atoms with Crippen molar-refractivity contribution < 1.29 is 4.74 Å². The maximum atomic E-state index is 5.67. The van der Waals surface area contributed by atoms with Crippen molar-refractivity contribution in [3.8, 4) is 0 Å². The third-order valence-electron chi connectivity index (χ3n) is 6.26. The summed E-state index contributed by atoms with van der Waals surface area (Å²) in [4.78, 5) is 7.71. The Morgan fingerprint density at radius 3 is 2.59 bits per heavy atom. The Labute approximate surface area is 194 Å². The molecule has 0 amide bonds. The Balaban J connectivity index is 0.00000300. The Hall–Kier alpha value is -0.860. The van der Waals surface area contributed by atoms with Crippen LogP contribution in [0.3, 0.4) is 0 Å². The summed E-state index contributed by atoms with van der Waals surface area (Å²) in [5.41, 5.74) is 2.87. The molecular formula is C23H39IN4O. The highest BCUT2D eigenvalue weighted by atomic mass is 127. The van der Waals surface area contributed by atoms with Crippen molar-refractivity contribution in [3.05, 3.63) is 35.4 Å². The molecule has 2 aliphatic rings. The topological polar surface area (TPSA) is 48.9 Å². The van der Waals surface area contributed by atoms with Gasteiger partial charge >= 0.3 is 0 Å². The number of aliphatic imine (C=N–C) groups is 1. The third-order valence-corrected chi connectivity index (χ3v) is 6.26. The number of aryl methyl sites for hydroxylation is 1. The lowest BCUT2D eigenvalue weighted by Gasteiger charge is -2.43. The van der Waals surface area contributed by atoms with Crippen molar-refractivity contribution in [1.29, 1.82) is 0 Å². The largest absolute Gasteiger partial charge is 0.381 e. The summed E-state index contributed by atoms with van der Waals surface area (Å²) in [6.45, 7) is 13.3. The first kappa shape index (κ1) is 24.4. The van der Waals surface area contributed by atoms with E-state index in [1.54, 1.807) is 0 Å². The molecule has 1 aromatic rings. The molecule has 3 rings (SSSR count). The van der Waals surface area contributed by atoms with Gasteiger partial charge in [0, 0.05) is 31.8 Å². The molecule has 0 aromatic heterocycles. The van der Waals surface area contributed by atoms with Gasteiger partial charge in [0.2, 0.25) is 0 Å². The van der Waals surface area contributed by atoms with Gasteiger partial charge in [0.15, 0.2) is 5.96 Å². The Bertz CT molecular complexity index is 640. The van der Waals surface area contributed by atoms with Gasteiger partial charge in [-0.25, -0.2) is 0 Å². The number of hydrogen-bond donors (Lipinski definition) is 2. The summed E-state index contributed by atoms with van der Waals surface area (Å²) in [5, 5.41) is 7.01. The van der Waals surface area contributed by atoms with E-state index >= 15 is 0 Å². The minimum atomic E-state index is 0.